The summed E-state index contributed by atoms with van der Waals surface area (Å²) in [5.41, 5.74) is 6.85. The van der Waals surface area contributed by atoms with Crippen LogP contribution in [-0.2, 0) is 6.42 Å². The first-order chi connectivity index (χ1) is 16.2. The van der Waals surface area contributed by atoms with Crippen molar-refractivity contribution in [3.05, 3.63) is 78.1 Å². The van der Waals surface area contributed by atoms with Gasteiger partial charge in [-0.2, -0.15) is 0 Å². The Bertz CT molecular complexity index is 1470. The van der Waals surface area contributed by atoms with Crippen LogP contribution in [0.15, 0.2) is 61.3 Å². The molecule has 4 aromatic heterocycles. The molecule has 1 unspecified atom stereocenters. The maximum atomic E-state index is 5.59. The summed E-state index contributed by atoms with van der Waals surface area (Å²) in [6.45, 7) is 5.14. The highest BCUT2D eigenvalue weighted by Gasteiger charge is 2.16. The van der Waals surface area contributed by atoms with E-state index >= 15 is 0 Å². The van der Waals surface area contributed by atoms with Gasteiger partial charge in [-0.15, -0.1) is 6.42 Å². The van der Waals surface area contributed by atoms with E-state index < -0.39 is 0 Å². The summed E-state index contributed by atoms with van der Waals surface area (Å²) >= 11 is 0. The third-order valence-electron chi connectivity index (χ3n) is 6.20. The molecule has 164 valence electrons. The summed E-state index contributed by atoms with van der Waals surface area (Å²) in [4.78, 5) is 17.3. The number of rotatable bonds is 7. The lowest BCUT2D eigenvalue weighted by Gasteiger charge is -2.13. The van der Waals surface area contributed by atoms with Gasteiger partial charge >= 0.3 is 0 Å². The van der Waals surface area contributed by atoms with Crippen LogP contribution in [0, 0.1) is 12.3 Å². The fourth-order valence-electron chi connectivity index (χ4n) is 4.15. The number of pyridine rings is 1. The Balaban J connectivity index is 1.51. The molecule has 5 rings (SSSR count). The number of H-pyrrole nitrogens is 1. The van der Waals surface area contributed by atoms with Crippen molar-refractivity contribution in [3.8, 4) is 23.6 Å². The molecule has 6 nitrogen and oxygen atoms in total. The van der Waals surface area contributed by atoms with Gasteiger partial charge in [0.05, 0.1) is 5.69 Å². The van der Waals surface area contributed by atoms with Crippen molar-refractivity contribution in [3.63, 3.8) is 0 Å². The Morgan fingerprint density at radius 3 is 2.94 bits per heavy atom. The maximum absolute atomic E-state index is 5.59. The van der Waals surface area contributed by atoms with Crippen molar-refractivity contribution in [1.82, 2.24) is 24.3 Å². The highest BCUT2D eigenvalue weighted by Crippen LogP contribution is 2.27. The van der Waals surface area contributed by atoms with E-state index in [1.165, 1.54) is 10.9 Å². The number of hydrogen-bond acceptors (Lipinski definition) is 4. The van der Waals surface area contributed by atoms with Gasteiger partial charge in [0.2, 0.25) is 0 Å². The number of hydrogen-bond donors (Lipinski definition) is 2. The van der Waals surface area contributed by atoms with Gasteiger partial charge in [-0.3, -0.25) is 9.38 Å². The Morgan fingerprint density at radius 2 is 2.09 bits per heavy atom. The zero-order chi connectivity index (χ0) is 22.8. The molecular weight excluding hydrogens is 408 g/mol. The summed E-state index contributed by atoms with van der Waals surface area (Å²) in [6, 6.07) is 10.3. The van der Waals surface area contributed by atoms with E-state index in [-0.39, 0.29) is 0 Å². The van der Waals surface area contributed by atoms with Crippen LogP contribution < -0.4 is 5.32 Å². The minimum Gasteiger partial charge on any atom is -0.367 e. The molecule has 0 radical (unpaired) electrons. The quantitative estimate of drug-likeness (QED) is 0.336. The molecule has 33 heavy (non-hydrogen) atoms. The molecule has 1 aromatic carbocycles. The van der Waals surface area contributed by atoms with Crippen molar-refractivity contribution in [2.45, 2.75) is 32.6 Å². The normalized spacial score (nSPS) is 12.2. The molecule has 1 atom stereocenters. The number of aromatic nitrogens is 5. The van der Waals surface area contributed by atoms with Crippen LogP contribution in [0.4, 0.5) is 5.82 Å². The Labute approximate surface area is 193 Å². The lowest BCUT2D eigenvalue weighted by molar-refractivity contribution is 0.700. The van der Waals surface area contributed by atoms with Crippen LogP contribution in [0.3, 0.4) is 0 Å². The maximum Gasteiger partial charge on any atom is 0.180 e. The van der Waals surface area contributed by atoms with Gasteiger partial charge in [-0.05, 0) is 36.5 Å². The standard InChI is InChI=1S/C27H26N6/c1-4-18(3)25-16-31-27-26(29-11-10-20-15-30-23-9-7-6-8-22(20)23)32-24(17-33(25)27)21-12-19(5-2)13-28-14-21/h2,6-9,12-18,30H,4,10-11H2,1,3H3,(H,29,32). The predicted molar refractivity (Wildman–Crippen MR) is 133 cm³/mol. The SMILES string of the molecule is C#Cc1cncc(-c2cn3c(C(C)CC)cnc3c(NCCc3c[nH]c4ccccc34)n2)c1. The third-order valence-corrected chi connectivity index (χ3v) is 6.20. The minimum atomic E-state index is 0.379. The second-order valence-corrected chi connectivity index (χ2v) is 8.30. The Kier molecular flexibility index (Phi) is 5.54. The van der Waals surface area contributed by atoms with Crippen molar-refractivity contribution in [1.29, 1.82) is 0 Å². The fourth-order valence-corrected chi connectivity index (χ4v) is 4.15. The highest BCUT2D eigenvalue weighted by atomic mass is 15.1. The van der Waals surface area contributed by atoms with Gasteiger partial charge in [-0.25, -0.2) is 9.97 Å². The lowest BCUT2D eigenvalue weighted by Crippen LogP contribution is -2.09. The molecular formula is C27H26N6. The number of anilines is 1. The second-order valence-electron chi connectivity index (χ2n) is 8.30. The third kappa shape index (κ3) is 3.94. The molecule has 0 aliphatic heterocycles. The zero-order valence-electron chi connectivity index (χ0n) is 18.8. The number of benzene rings is 1. The van der Waals surface area contributed by atoms with Gasteiger partial charge in [0, 0.05) is 65.3 Å². The number of aromatic amines is 1. The molecule has 0 fully saturated rings. The van der Waals surface area contributed by atoms with Gasteiger partial charge in [-0.1, -0.05) is 38.0 Å². The monoisotopic (exact) mass is 434 g/mol. The molecule has 2 N–H and O–H groups in total. The average molecular weight is 435 g/mol. The van der Waals surface area contributed by atoms with E-state index in [0.29, 0.717) is 5.92 Å². The highest BCUT2D eigenvalue weighted by molar-refractivity contribution is 5.83. The first kappa shape index (κ1) is 20.8. The molecule has 0 amide bonds. The van der Waals surface area contributed by atoms with E-state index in [0.717, 1.165) is 58.9 Å². The summed E-state index contributed by atoms with van der Waals surface area (Å²) in [7, 11) is 0. The smallest absolute Gasteiger partial charge is 0.180 e. The van der Waals surface area contributed by atoms with Crippen LogP contribution >= 0.6 is 0 Å². The summed E-state index contributed by atoms with van der Waals surface area (Å²) < 4.78 is 2.15. The van der Waals surface area contributed by atoms with E-state index in [1.54, 1.807) is 12.4 Å². The first-order valence-electron chi connectivity index (χ1n) is 11.3. The molecule has 0 spiro atoms. The van der Waals surface area contributed by atoms with Crippen LogP contribution in [0.1, 0.15) is 43.0 Å². The second kappa shape index (κ2) is 8.79. The van der Waals surface area contributed by atoms with Crippen LogP contribution in [0.5, 0.6) is 0 Å². The van der Waals surface area contributed by atoms with E-state index in [2.05, 4.69) is 63.8 Å². The first-order valence-corrected chi connectivity index (χ1v) is 11.3. The van der Waals surface area contributed by atoms with Gasteiger partial charge in [0.25, 0.3) is 0 Å². The minimum absolute atomic E-state index is 0.379. The number of imidazole rings is 1. The van der Waals surface area contributed by atoms with Crippen molar-refractivity contribution in [2.75, 3.05) is 11.9 Å². The molecule has 0 aliphatic carbocycles. The summed E-state index contributed by atoms with van der Waals surface area (Å²) in [5.74, 6) is 3.80. The molecule has 4 heterocycles. The molecule has 5 aromatic rings. The Hall–Kier alpha value is -4.11. The number of terminal acetylenes is 1. The lowest BCUT2D eigenvalue weighted by atomic mass is 10.1. The zero-order valence-corrected chi connectivity index (χ0v) is 18.8. The van der Waals surface area contributed by atoms with E-state index in [4.69, 9.17) is 16.4 Å². The topological polar surface area (TPSA) is 70.9 Å². The van der Waals surface area contributed by atoms with Gasteiger partial charge < -0.3 is 10.3 Å². The van der Waals surface area contributed by atoms with E-state index in [1.807, 2.05) is 24.5 Å². The number of nitrogens with zero attached hydrogens (tertiary/aromatic N) is 4. The predicted octanol–water partition coefficient (Wildman–Crippen LogP) is 5.42. The van der Waals surface area contributed by atoms with Crippen molar-refractivity contribution >= 4 is 22.4 Å². The van der Waals surface area contributed by atoms with Crippen molar-refractivity contribution in [2.24, 2.45) is 0 Å². The fraction of sp³-hybridized carbons (Fsp3) is 0.222. The van der Waals surface area contributed by atoms with Crippen LogP contribution in [0.25, 0.3) is 27.8 Å². The average Bonchev–Trinajstić information content (AvgIpc) is 3.48. The molecule has 0 bridgehead atoms. The molecule has 0 saturated carbocycles. The largest absolute Gasteiger partial charge is 0.367 e. The number of para-hydroxylation sites is 1. The van der Waals surface area contributed by atoms with Crippen LogP contribution in [0.2, 0.25) is 0 Å². The molecule has 0 saturated heterocycles. The summed E-state index contributed by atoms with van der Waals surface area (Å²) in [5, 5.41) is 4.78. The number of nitrogens with one attached hydrogen (secondary N) is 2. The summed E-state index contributed by atoms with van der Waals surface area (Å²) in [6.07, 6.45) is 17.0. The van der Waals surface area contributed by atoms with E-state index in [9.17, 15) is 0 Å². The van der Waals surface area contributed by atoms with Crippen molar-refractivity contribution < 1.29 is 0 Å². The molecule has 0 aliphatic rings. The molecule has 6 heteroatoms. The van der Waals surface area contributed by atoms with Crippen LogP contribution in [-0.4, -0.2) is 30.9 Å². The van der Waals surface area contributed by atoms with Gasteiger partial charge in [0.1, 0.15) is 0 Å². The number of fused-ring (bicyclic) bond motifs is 2. The Morgan fingerprint density at radius 1 is 1.21 bits per heavy atom. The van der Waals surface area contributed by atoms with Gasteiger partial charge in [0.15, 0.2) is 11.5 Å².